The summed E-state index contributed by atoms with van der Waals surface area (Å²) in [5.41, 5.74) is 6.97. The number of aliphatic hydroxyl groups is 1. The normalized spacial score (nSPS) is 12.2. The molecule has 0 heterocycles. The monoisotopic (exact) mass is 328 g/mol. The summed E-state index contributed by atoms with van der Waals surface area (Å²) in [6.07, 6.45) is 1.42. The van der Waals surface area contributed by atoms with E-state index in [9.17, 15) is 9.90 Å². The Bertz CT molecular complexity index is 435. The number of hydrogen-bond donors (Lipinski definition) is 2. The molecule has 0 spiro atoms. The number of carbonyl (C=O) groups is 1. The number of primary amides is 1. The van der Waals surface area contributed by atoms with Crippen molar-refractivity contribution in [3.63, 3.8) is 0 Å². The molecule has 106 valence electrons. The van der Waals surface area contributed by atoms with E-state index in [4.69, 9.17) is 5.73 Å². The van der Waals surface area contributed by atoms with Crippen LogP contribution in [0, 0.1) is 0 Å². The third-order valence-electron chi connectivity index (χ3n) is 2.91. The molecular formula is C14H21BrN2O2. The topological polar surface area (TPSA) is 66.6 Å². The van der Waals surface area contributed by atoms with E-state index in [1.165, 1.54) is 0 Å². The van der Waals surface area contributed by atoms with Gasteiger partial charge < -0.3 is 15.7 Å². The van der Waals surface area contributed by atoms with Crippen LogP contribution in [-0.4, -0.2) is 24.1 Å². The Morgan fingerprint density at radius 2 is 2.21 bits per heavy atom. The van der Waals surface area contributed by atoms with Crippen molar-refractivity contribution in [2.45, 2.75) is 32.8 Å². The Hall–Kier alpha value is -1.07. The van der Waals surface area contributed by atoms with Crippen LogP contribution in [0.2, 0.25) is 0 Å². The summed E-state index contributed by atoms with van der Waals surface area (Å²) in [7, 11) is 0. The van der Waals surface area contributed by atoms with Gasteiger partial charge >= 0.3 is 0 Å². The van der Waals surface area contributed by atoms with Gasteiger partial charge in [0.2, 0.25) is 5.91 Å². The zero-order valence-electron chi connectivity index (χ0n) is 11.4. The van der Waals surface area contributed by atoms with Crippen molar-refractivity contribution < 1.29 is 9.90 Å². The van der Waals surface area contributed by atoms with E-state index in [0.717, 1.165) is 35.1 Å². The smallest absolute Gasteiger partial charge is 0.236 e. The fourth-order valence-electron chi connectivity index (χ4n) is 1.97. The van der Waals surface area contributed by atoms with Crippen molar-refractivity contribution in [3.05, 3.63) is 28.2 Å². The van der Waals surface area contributed by atoms with Crippen LogP contribution in [-0.2, 0) is 4.79 Å². The molecular weight excluding hydrogens is 308 g/mol. The summed E-state index contributed by atoms with van der Waals surface area (Å²) in [5, 5.41) is 9.87. The third-order valence-corrected chi connectivity index (χ3v) is 3.40. The van der Waals surface area contributed by atoms with Gasteiger partial charge in [-0.15, -0.1) is 0 Å². The number of rotatable bonds is 7. The van der Waals surface area contributed by atoms with Gasteiger partial charge in [-0.1, -0.05) is 29.3 Å². The number of unbranched alkanes of at least 4 members (excludes halogenated alkanes) is 1. The fraction of sp³-hybridized carbons (Fsp3) is 0.500. The second kappa shape index (κ2) is 7.50. The van der Waals surface area contributed by atoms with Crippen molar-refractivity contribution in [2.24, 2.45) is 5.73 Å². The second-order valence-corrected chi connectivity index (χ2v) is 5.54. The van der Waals surface area contributed by atoms with E-state index >= 15 is 0 Å². The summed E-state index contributed by atoms with van der Waals surface area (Å²) < 4.78 is 0.904. The number of halogens is 1. The molecule has 1 unspecified atom stereocenters. The predicted molar refractivity (Wildman–Crippen MR) is 81.1 cm³/mol. The van der Waals surface area contributed by atoms with Crippen molar-refractivity contribution in [3.8, 4) is 0 Å². The van der Waals surface area contributed by atoms with E-state index in [-0.39, 0.29) is 12.5 Å². The van der Waals surface area contributed by atoms with Gasteiger partial charge in [0, 0.05) is 22.3 Å². The molecule has 1 rings (SSSR count). The first-order valence-corrected chi connectivity index (χ1v) is 7.25. The molecule has 0 fully saturated rings. The zero-order valence-corrected chi connectivity index (χ0v) is 13.0. The maximum absolute atomic E-state index is 11.2. The molecule has 0 aliphatic heterocycles. The maximum atomic E-state index is 11.2. The lowest BCUT2D eigenvalue weighted by Gasteiger charge is -2.27. The summed E-state index contributed by atoms with van der Waals surface area (Å²) in [6.45, 7) is 4.73. The van der Waals surface area contributed by atoms with Crippen molar-refractivity contribution in [2.75, 3.05) is 18.0 Å². The molecule has 1 atom stereocenters. The highest BCUT2D eigenvalue weighted by Crippen LogP contribution is 2.29. The van der Waals surface area contributed by atoms with Crippen LogP contribution in [0.5, 0.6) is 0 Å². The first kappa shape index (κ1) is 16.0. The lowest BCUT2D eigenvalue weighted by atomic mass is 10.1. The molecule has 0 radical (unpaired) electrons. The Balaban J connectivity index is 3.09. The highest BCUT2D eigenvalue weighted by molar-refractivity contribution is 9.10. The fourth-order valence-corrected chi connectivity index (χ4v) is 2.35. The van der Waals surface area contributed by atoms with Crippen LogP contribution in [0.25, 0.3) is 0 Å². The van der Waals surface area contributed by atoms with Crippen molar-refractivity contribution in [1.82, 2.24) is 0 Å². The average molecular weight is 329 g/mol. The van der Waals surface area contributed by atoms with Gasteiger partial charge in [0.1, 0.15) is 0 Å². The average Bonchev–Trinajstić information content (AvgIpc) is 2.34. The number of benzene rings is 1. The molecule has 0 saturated heterocycles. The van der Waals surface area contributed by atoms with Gasteiger partial charge in [-0.3, -0.25) is 4.79 Å². The number of hydrogen-bond acceptors (Lipinski definition) is 3. The van der Waals surface area contributed by atoms with Gasteiger partial charge in [-0.25, -0.2) is 0 Å². The van der Waals surface area contributed by atoms with Crippen LogP contribution in [0.3, 0.4) is 0 Å². The van der Waals surface area contributed by atoms with Crippen molar-refractivity contribution >= 4 is 27.5 Å². The van der Waals surface area contributed by atoms with Crippen LogP contribution in [0.4, 0.5) is 5.69 Å². The highest BCUT2D eigenvalue weighted by atomic mass is 79.9. The van der Waals surface area contributed by atoms with E-state index in [1.807, 2.05) is 23.1 Å². The lowest BCUT2D eigenvalue weighted by Crippen LogP contribution is -2.35. The molecule has 1 aromatic carbocycles. The number of anilines is 1. The summed E-state index contributed by atoms with van der Waals surface area (Å²) in [4.78, 5) is 13.1. The summed E-state index contributed by atoms with van der Waals surface area (Å²) in [5.74, 6) is -0.365. The minimum Gasteiger partial charge on any atom is -0.389 e. The molecule has 1 amide bonds. The summed E-state index contributed by atoms with van der Waals surface area (Å²) in [6, 6.07) is 5.69. The third kappa shape index (κ3) is 4.84. The molecule has 3 N–H and O–H groups in total. The van der Waals surface area contributed by atoms with Crippen LogP contribution < -0.4 is 10.6 Å². The SMILES string of the molecule is CCCCN(CC(N)=O)c1ccc(Br)cc1C(C)O. The largest absolute Gasteiger partial charge is 0.389 e. The van der Waals surface area contributed by atoms with Gasteiger partial charge in [0.05, 0.1) is 12.6 Å². The van der Waals surface area contributed by atoms with E-state index in [1.54, 1.807) is 6.92 Å². The van der Waals surface area contributed by atoms with Gasteiger partial charge in [0.25, 0.3) is 0 Å². The van der Waals surface area contributed by atoms with Gasteiger partial charge in [-0.2, -0.15) is 0 Å². The molecule has 0 saturated carbocycles. The Morgan fingerprint density at radius 3 is 2.74 bits per heavy atom. The number of nitrogens with two attached hydrogens (primary N) is 1. The van der Waals surface area contributed by atoms with E-state index in [0.29, 0.717) is 0 Å². The van der Waals surface area contributed by atoms with Crippen LogP contribution in [0.15, 0.2) is 22.7 Å². The number of aliphatic hydroxyl groups excluding tert-OH is 1. The lowest BCUT2D eigenvalue weighted by molar-refractivity contribution is -0.116. The summed E-state index contributed by atoms with van der Waals surface area (Å²) >= 11 is 3.40. The molecule has 0 bridgehead atoms. The Morgan fingerprint density at radius 1 is 1.53 bits per heavy atom. The molecule has 4 nitrogen and oxygen atoms in total. The number of nitrogens with zero attached hydrogens (tertiary/aromatic N) is 1. The van der Waals surface area contributed by atoms with Crippen LogP contribution >= 0.6 is 15.9 Å². The molecule has 19 heavy (non-hydrogen) atoms. The standard InChI is InChI=1S/C14H21BrN2O2/c1-3-4-7-17(9-14(16)19)13-6-5-11(15)8-12(13)10(2)18/h5-6,8,10,18H,3-4,7,9H2,1-2H3,(H2,16,19). The number of amides is 1. The first-order valence-electron chi connectivity index (χ1n) is 6.46. The van der Waals surface area contributed by atoms with E-state index < -0.39 is 6.10 Å². The minimum atomic E-state index is -0.593. The highest BCUT2D eigenvalue weighted by Gasteiger charge is 2.16. The van der Waals surface area contributed by atoms with Crippen molar-refractivity contribution in [1.29, 1.82) is 0 Å². The minimum absolute atomic E-state index is 0.168. The molecule has 0 aliphatic rings. The molecule has 5 heteroatoms. The first-order chi connectivity index (χ1) is 8.95. The Labute approximate surface area is 122 Å². The predicted octanol–water partition coefficient (Wildman–Crippen LogP) is 2.59. The Kier molecular flexibility index (Phi) is 6.31. The zero-order chi connectivity index (χ0) is 14.4. The molecule has 0 aromatic heterocycles. The quantitative estimate of drug-likeness (QED) is 0.808. The van der Waals surface area contributed by atoms with Gasteiger partial charge in [0.15, 0.2) is 0 Å². The number of carbonyl (C=O) groups excluding carboxylic acids is 1. The molecule has 0 aliphatic carbocycles. The van der Waals surface area contributed by atoms with E-state index in [2.05, 4.69) is 22.9 Å². The second-order valence-electron chi connectivity index (χ2n) is 4.62. The molecule has 1 aromatic rings. The maximum Gasteiger partial charge on any atom is 0.236 e. The van der Waals surface area contributed by atoms with Crippen LogP contribution in [0.1, 0.15) is 38.4 Å². The van der Waals surface area contributed by atoms with Gasteiger partial charge in [-0.05, 0) is 31.5 Å².